The number of nitrogens with zero attached hydrogens (tertiary/aromatic N) is 3. The molecule has 0 saturated carbocycles. The molecule has 0 bridgehead atoms. The minimum Gasteiger partial charge on any atom is -0.376 e. The minimum atomic E-state index is -3.73. The van der Waals surface area contributed by atoms with Gasteiger partial charge in [-0.05, 0) is 6.42 Å². The van der Waals surface area contributed by atoms with Gasteiger partial charge in [0.25, 0.3) is 0 Å². The second kappa shape index (κ2) is 43.1. The molecule has 0 spiro atoms. The molecule has 1 atom stereocenters. The zero-order chi connectivity index (χ0) is 59.0. The molecule has 84 heavy (non-hydrogen) atoms. The molecule has 7 rings (SSSR count). The lowest BCUT2D eigenvalue weighted by atomic mass is 10.4. The van der Waals surface area contributed by atoms with Gasteiger partial charge in [-0.1, -0.05) is 72.9 Å². The average molecular weight is 1450 g/mol. The van der Waals surface area contributed by atoms with Gasteiger partial charge >= 0.3 is 15.3 Å². The quantitative estimate of drug-likeness (QED) is 0.0382. The summed E-state index contributed by atoms with van der Waals surface area (Å²) in [5, 5.41) is 0. The molecule has 0 N–H and O–H groups in total. The zero-order valence-corrected chi connectivity index (χ0v) is 61.4. The van der Waals surface area contributed by atoms with Gasteiger partial charge in [-0.25, -0.2) is 0 Å². The number of thioether (sulfide) groups is 12. The maximum atomic E-state index is 7.28. The Morgan fingerprint density at radius 3 is 0.738 bits per heavy atom. The Morgan fingerprint density at radius 2 is 0.488 bits per heavy atom. The molecule has 0 aromatic carbocycles. The van der Waals surface area contributed by atoms with Crippen molar-refractivity contribution in [2.45, 2.75) is 43.0 Å². The number of rotatable bonds is 30. The van der Waals surface area contributed by atoms with E-state index in [-0.39, 0.29) is 69.7 Å². The Labute approximate surface area is 556 Å². The van der Waals surface area contributed by atoms with E-state index in [0.717, 1.165) is 138 Å². The van der Waals surface area contributed by atoms with Crippen molar-refractivity contribution in [3.8, 4) is 0 Å². The van der Waals surface area contributed by atoms with Gasteiger partial charge in [0.1, 0.15) is 0 Å². The fraction of sp³-hybridized carbons (Fsp3) is 0.782. The van der Waals surface area contributed by atoms with E-state index < -0.39 is 22.8 Å². The van der Waals surface area contributed by atoms with Crippen LogP contribution in [0.15, 0.2) is 86.5 Å². The molecular weight excluding hydrogens is 1360 g/mol. The van der Waals surface area contributed by atoms with Crippen LogP contribution < -0.4 is 0 Å². The fourth-order valence-corrected chi connectivity index (χ4v) is 32.6. The van der Waals surface area contributed by atoms with Gasteiger partial charge in [0.05, 0.1) is 103 Å². The normalized spacial score (nSPS) is 25.4. The Bertz CT molecular complexity index is 1790. The van der Waals surface area contributed by atoms with E-state index in [2.05, 4.69) is 39.5 Å². The molecule has 0 aliphatic carbocycles. The van der Waals surface area contributed by atoms with Gasteiger partial charge in [0, 0.05) is 151 Å². The highest BCUT2D eigenvalue weighted by Crippen LogP contribution is 2.80. The first kappa shape index (κ1) is 74.3. The summed E-state index contributed by atoms with van der Waals surface area (Å²) in [6, 6.07) is 0. The van der Waals surface area contributed by atoms with Crippen LogP contribution in [0.3, 0.4) is 0 Å². The second-order valence-electron chi connectivity index (χ2n) is 20.8. The fourth-order valence-electron chi connectivity index (χ4n) is 8.57. The molecule has 7 aliphatic heterocycles. The smallest absolute Gasteiger partial charge is 0.347 e. The van der Waals surface area contributed by atoms with Gasteiger partial charge < -0.3 is 51.0 Å². The summed E-state index contributed by atoms with van der Waals surface area (Å²) in [5.41, 5.74) is 7.56. The molecule has 6 saturated heterocycles. The molecule has 29 heteroatoms. The Morgan fingerprint density at radius 1 is 0.274 bits per heavy atom. The highest BCUT2D eigenvalue weighted by molar-refractivity contribution is 8.03. The second-order valence-corrected chi connectivity index (χ2v) is 40.3. The van der Waals surface area contributed by atoms with Crippen LogP contribution in [0.25, 0.3) is 0 Å². The van der Waals surface area contributed by atoms with Crippen LogP contribution in [0.5, 0.6) is 0 Å². The Balaban J connectivity index is 1.23. The van der Waals surface area contributed by atoms with Crippen molar-refractivity contribution in [3.63, 3.8) is 0 Å². The topological polar surface area (TPSA) is 139 Å². The number of ether oxygens (including phenoxy) is 6. The zero-order valence-electron chi connectivity index (χ0n) is 48.9. The van der Waals surface area contributed by atoms with E-state index >= 15 is 0 Å². The van der Waals surface area contributed by atoms with Crippen molar-refractivity contribution in [2.24, 2.45) is 13.5 Å². The molecule has 0 radical (unpaired) electrons. The van der Waals surface area contributed by atoms with Gasteiger partial charge in [-0.15, -0.1) is 4.52 Å². The summed E-state index contributed by atoms with van der Waals surface area (Å²) >= 11 is 22.5. The van der Waals surface area contributed by atoms with Crippen LogP contribution in [0.1, 0.15) is 6.42 Å². The van der Waals surface area contributed by atoms with Gasteiger partial charge in [0.2, 0.25) is 7.43 Å². The van der Waals surface area contributed by atoms with Crippen molar-refractivity contribution in [1.82, 2.24) is 0 Å². The summed E-state index contributed by atoms with van der Waals surface area (Å²) in [6.07, 6.45) is 1.38. The van der Waals surface area contributed by atoms with E-state index in [1.807, 2.05) is 141 Å². The Hall–Kier alpha value is 2.89. The molecule has 480 valence electrons. The maximum absolute atomic E-state index is 7.28. The van der Waals surface area contributed by atoms with Crippen LogP contribution in [-0.4, -0.2) is 254 Å². The third-order valence-electron chi connectivity index (χ3n) is 12.5. The van der Waals surface area contributed by atoms with Crippen molar-refractivity contribution in [2.75, 3.05) is 217 Å². The molecule has 7 aliphatic rings. The van der Waals surface area contributed by atoms with Crippen molar-refractivity contribution in [3.05, 3.63) is 72.9 Å². The molecular formula is C55H92N3O11P3S12. The SMILES string of the molecule is C=C1CSCC(OCCCP2(OCCOC3CSCC(=C)CSC3)=NP(OCCOC3CSCC(=C)CSC3)(OCCOC3CSCC(=C)CSC3)=NP(OCCOC3CSCC(=C)CSC3)(OCCOC3CSCC(=C)CSC3)=N2)CSC1. The van der Waals surface area contributed by atoms with E-state index in [0.29, 0.717) is 52.2 Å². The minimum absolute atomic E-state index is 0.0456. The number of hydrogen-bond donors (Lipinski definition) is 0. The van der Waals surface area contributed by atoms with Gasteiger partial charge in [-0.2, -0.15) is 150 Å². The van der Waals surface area contributed by atoms with Crippen molar-refractivity contribution < 1.29 is 51.0 Å². The molecule has 1 unspecified atom stereocenters. The lowest BCUT2D eigenvalue weighted by molar-refractivity contribution is 0.0442. The predicted molar refractivity (Wildman–Crippen MR) is 388 cm³/mol. The molecule has 0 amide bonds. The van der Waals surface area contributed by atoms with Crippen LogP contribution in [-0.2, 0) is 51.0 Å². The van der Waals surface area contributed by atoms with E-state index in [4.69, 9.17) is 64.6 Å². The van der Waals surface area contributed by atoms with Crippen LogP contribution in [0.2, 0.25) is 0 Å². The maximum Gasteiger partial charge on any atom is 0.347 e. The van der Waals surface area contributed by atoms with E-state index in [1.165, 1.54) is 33.4 Å². The standard InChI is InChI=1S/C55H92N3O11P3S12/c1-44-20-73-32-50(33-74-21-44)59-8-7-19-70(65-14-9-60-51-34-75-22-45(2)23-76-35-51)56-71(66-15-10-61-52-36-77-24-46(3)25-78-37-52,67-16-11-62-53-38-79-26-47(4)27-80-39-53)58-72(57-70,68-17-12-63-54-40-81-28-48(5)29-82-41-54)69-18-13-64-55-42-83-30-49(6)31-84-43-55/h50-55H,1-43H2. The van der Waals surface area contributed by atoms with Gasteiger partial charge in [0.15, 0.2) is 0 Å². The van der Waals surface area contributed by atoms with Crippen LogP contribution in [0, 0.1) is 0 Å². The number of hydrogen-bond acceptors (Lipinski definition) is 26. The largest absolute Gasteiger partial charge is 0.376 e. The third kappa shape index (κ3) is 30.1. The average Bonchev–Trinajstić information content (AvgIpc) is 1.77. The molecule has 0 aromatic heterocycles. The van der Waals surface area contributed by atoms with E-state index in [1.54, 1.807) is 0 Å². The molecule has 0 aromatic rings. The lowest BCUT2D eigenvalue weighted by Gasteiger charge is -2.34. The van der Waals surface area contributed by atoms with Gasteiger partial charge in [-0.3, -0.25) is 0 Å². The molecule has 6 fully saturated rings. The Kier molecular flexibility index (Phi) is 38.1. The highest BCUT2D eigenvalue weighted by Gasteiger charge is 2.42. The predicted octanol–water partition coefficient (Wildman–Crippen LogP) is 14.9. The summed E-state index contributed by atoms with van der Waals surface area (Å²) in [5.74, 6) is 21.7. The monoisotopic (exact) mass is 1450 g/mol. The lowest BCUT2D eigenvalue weighted by Crippen LogP contribution is -2.24. The summed E-state index contributed by atoms with van der Waals surface area (Å²) < 4.78 is 92.6. The summed E-state index contributed by atoms with van der Waals surface area (Å²) in [7, 11) is -10.8. The summed E-state index contributed by atoms with van der Waals surface area (Å²) in [4.78, 5) is 0. The first-order chi connectivity index (χ1) is 41.0. The molecule has 7 heterocycles. The third-order valence-corrected chi connectivity index (χ3v) is 36.6. The highest BCUT2D eigenvalue weighted by atomic mass is 32.2. The van der Waals surface area contributed by atoms with E-state index in [9.17, 15) is 0 Å². The molecule has 14 nitrogen and oxygen atoms in total. The first-order valence-corrected chi connectivity index (χ1v) is 47.4. The van der Waals surface area contributed by atoms with Crippen molar-refractivity contribution in [1.29, 1.82) is 0 Å². The summed E-state index contributed by atoms with van der Waals surface area (Å²) in [6.45, 7) is 28.5. The van der Waals surface area contributed by atoms with Crippen LogP contribution in [0.4, 0.5) is 0 Å². The van der Waals surface area contributed by atoms with Crippen molar-refractivity contribution >= 4 is 164 Å². The van der Waals surface area contributed by atoms with Crippen LogP contribution >= 0.6 is 164 Å². The first-order valence-electron chi connectivity index (χ1n) is 28.7.